The number of Topliss-reactive ketones (excluding diaryl/α,β-unsaturated/α-hetero) is 4. The number of phenolic OH excluding ortho intramolecular Hbond substituents is 1. The highest BCUT2D eigenvalue weighted by atomic mass is 16.5. The number of aliphatic hydroxyl groups is 1. The number of nitrogens with zero attached hydrogens (tertiary/aromatic N) is 3. The van der Waals surface area contributed by atoms with Gasteiger partial charge in [0.2, 0.25) is 5.91 Å². The number of nitrogens with two attached hydrogens (primary N) is 1. The van der Waals surface area contributed by atoms with E-state index in [-0.39, 0.29) is 24.0 Å². The molecule has 13 heteroatoms. The van der Waals surface area contributed by atoms with Gasteiger partial charge in [0.25, 0.3) is 5.91 Å². The van der Waals surface area contributed by atoms with E-state index in [0.717, 1.165) is 0 Å². The molecule has 1 saturated heterocycles. The van der Waals surface area contributed by atoms with E-state index in [1.165, 1.54) is 30.0 Å². The van der Waals surface area contributed by atoms with Crippen LogP contribution in [0.5, 0.6) is 5.75 Å². The predicted molar refractivity (Wildman–Crippen MR) is 142 cm³/mol. The fourth-order valence-electron chi connectivity index (χ4n) is 7.15. The number of hydrogen-bond donors (Lipinski definition) is 3. The number of carbonyl (C=O) groups excluding carboxylic acids is 6. The minimum atomic E-state index is -2.81. The first-order chi connectivity index (χ1) is 19.2. The second-order valence-corrected chi connectivity index (χ2v) is 11.7. The average Bonchev–Trinajstić information content (AvgIpc) is 2.90. The van der Waals surface area contributed by atoms with Gasteiger partial charge in [-0.15, -0.1) is 0 Å². The number of anilines is 1. The van der Waals surface area contributed by atoms with Crippen LogP contribution in [0.1, 0.15) is 32.7 Å². The summed E-state index contributed by atoms with van der Waals surface area (Å²) in [5.41, 5.74) is 3.17. The van der Waals surface area contributed by atoms with Crippen molar-refractivity contribution < 1.29 is 43.7 Å². The van der Waals surface area contributed by atoms with Crippen molar-refractivity contribution in [3.05, 3.63) is 22.8 Å². The Morgan fingerprint density at radius 3 is 2.27 bits per heavy atom. The van der Waals surface area contributed by atoms with Gasteiger partial charge in [0.1, 0.15) is 5.75 Å². The molecule has 1 heterocycles. The summed E-state index contributed by atoms with van der Waals surface area (Å²) in [4.78, 5) is 85.0. The highest BCUT2D eigenvalue weighted by Crippen LogP contribution is 2.52. The van der Waals surface area contributed by atoms with E-state index in [2.05, 4.69) is 0 Å². The van der Waals surface area contributed by atoms with Crippen LogP contribution in [-0.4, -0.2) is 121 Å². The molecule has 1 aromatic carbocycles. The van der Waals surface area contributed by atoms with Gasteiger partial charge in [-0.2, -0.15) is 0 Å². The van der Waals surface area contributed by atoms with Crippen molar-refractivity contribution in [3.8, 4) is 5.75 Å². The first-order valence-corrected chi connectivity index (χ1v) is 13.5. The number of ether oxygens (including phenoxy) is 1. The second-order valence-electron chi connectivity index (χ2n) is 11.7. The Kier molecular flexibility index (Phi) is 7.03. The van der Waals surface area contributed by atoms with Gasteiger partial charge in [-0.1, -0.05) is 0 Å². The van der Waals surface area contributed by atoms with Crippen LogP contribution >= 0.6 is 0 Å². The summed E-state index contributed by atoms with van der Waals surface area (Å²) in [5, 5.41) is 23.1. The third-order valence-electron chi connectivity index (χ3n) is 9.05. The van der Waals surface area contributed by atoms with E-state index in [4.69, 9.17) is 10.5 Å². The van der Waals surface area contributed by atoms with Gasteiger partial charge in [0.15, 0.2) is 34.7 Å². The fraction of sp³-hybridized carbons (Fsp3) is 0.571. The van der Waals surface area contributed by atoms with Crippen molar-refractivity contribution in [3.63, 3.8) is 0 Å². The quantitative estimate of drug-likeness (QED) is 0.354. The highest BCUT2D eigenvalue weighted by Gasteiger charge is 2.69. The number of ketones is 4. The smallest absolute Gasteiger partial charge is 0.257 e. The molecule has 2 amide bonds. The summed E-state index contributed by atoms with van der Waals surface area (Å²) in [7, 11) is 6.51. The SMILES string of the molecule is CN(C)c1cc(C(=O)N2CCOCC2)c(O)c2c1CC1CC3[C@H](N(C)C)C(=O)C(C(N)=O)C(=O)[C@@]3(O)C(=O)C1C2=O. The molecule has 3 fully saturated rings. The Bertz CT molecular complexity index is 1380. The Morgan fingerprint density at radius 2 is 1.71 bits per heavy atom. The maximum Gasteiger partial charge on any atom is 0.257 e. The molecule has 1 aromatic rings. The van der Waals surface area contributed by atoms with Gasteiger partial charge < -0.3 is 30.5 Å². The van der Waals surface area contributed by atoms with Gasteiger partial charge in [-0.3, -0.25) is 33.7 Å². The first-order valence-electron chi connectivity index (χ1n) is 13.5. The fourth-order valence-corrected chi connectivity index (χ4v) is 7.15. The lowest BCUT2D eigenvalue weighted by Gasteiger charge is -2.52. The summed E-state index contributed by atoms with van der Waals surface area (Å²) in [5.74, 6) is -11.9. The topological polar surface area (TPSA) is 188 Å². The molecule has 0 spiro atoms. The molecule has 4 N–H and O–H groups in total. The molecule has 4 aliphatic rings. The number of morpholine rings is 1. The lowest BCUT2D eigenvalue weighted by Crippen LogP contribution is -2.74. The minimum Gasteiger partial charge on any atom is -0.506 e. The van der Waals surface area contributed by atoms with Crippen LogP contribution in [0.3, 0.4) is 0 Å². The Balaban J connectivity index is 1.64. The lowest BCUT2D eigenvalue weighted by molar-refractivity contribution is -0.181. The first kappa shape index (κ1) is 28.8. The Labute approximate surface area is 236 Å². The number of benzene rings is 1. The molecule has 1 aliphatic heterocycles. The molecule has 0 bridgehead atoms. The third kappa shape index (κ3) is 4.09. The summed E-state index contributed by atoms with van der Waals surface area (Å²) in [6, 6.07) is 0.348. The van der Waals surface area contributed by atoms with Crippen LogP contribution < -0.4 is 10.6 Å². The molecule has 0 radical (unpaired) electrons. The number of aromatic hydroxyl groups is 1. The molecule has 5 rings (SSSR count). The lowest BCUT2D eigenvalue weighted by atomic mass is 9.52. The minimum absolute atomic E-state index is 0.0496. The van der Waals surface area contributed by atoms with Crippen LogP contribution in [0.15, 0.2) is 6.07 Å². The molecular weight excluding hydrogens is 536 g/mol. The van der Waals surface area contributed by atoms with Gasteiger partial charge in [-0.05, 0) is 44.5 Å². The number of phenols is 1. The maximum absolute atomic E-state index is 14.1. The molecule has 41 heavy (non-hydrogen) atoms. The third-order valence-corrected chi connectivity index (χ3v) is 9.05. The summed E-state index contributed by atoms with van der Waals surface area (Å²) < 4.78 is 5.31. The molecular formula is C28H34N4O9. The van der Waals surface area contributed by atoms with Crippen LogP contribution in [0.2, 0.25) is 0 Å². The van der Waals surface area contributed by atoms with Gasteiger partial charge in [0, 0.05) is 38.8 Å². The molecule has 2 saturated carbocycles. The van der Waals surface area contributed by atoms with Crippen LogP contribution in [-0.2, 0) is 30.3 Å². The maximum atomic E-state index is 14.1. The molecule has 0 aromatic heterocycles. The van der Waals surface area contributed by atoms with Crippen molar-refractivity contribution in [2.45, 2.75) is 24.5 Å². The monoisotopic (exact) mass is 570 g/mol. The molecule has 3 aliphatic carbocycles. The number of rotatable bonds is 4. The number of primary amides is 1. The average molecular weight is 571 g/mol. The molecule has 220 valence electrons. The Morgan fingerprint density at radius 1 is 1.07 bits per heavy atom. The summed E-state index contributed by atoms with van der Waals surface area (Å²) in [6.45, 7) is 1.25. The van der Waals surface area contributed by atoms with Crippen molar-refractivity contribution in [2.24, 2.45) is 29.4 Å². The van der Waals surface area contributed by atoms with Crippen LogP contribution in [0, 0.1) is 23.7 Å². The van der Waals surface area contributed by atoms with E-state index in [1.54, 1.807) is 19.0 Å². The zero-order valence-electron chi connectivity index (χ0n) is 23.4. The number of carbonyl (C=O) groups is 6. The van der Waals surface area contributed by atoms with Crippen molar-refractivity contribution in [1.29, 1.82) is 0 Å². The Hall–Kier alpha value is -3.68. The normalized spacial score (nSPS) is 31.5. The number of fused-ring (bicyclic) bond motifs is 3. The molecule has 6 atom stereocenters. The van der Waals surface area contributed by atoms with Crippen molar-refractivity contribution in [1.82, 2.24) is 9.80 Å². The van der Waals surface area contributed by atoms with E-state index in [0.29, 0.717) is 37.6 Å². The van der Waals surface area contributed by atoms with Crippen molar-refractivity contribution >= 4 is 40.6 Å². The summed E-state index contributed by atoms with van der Waals surface area (Å²) in [6.07, 6.45) is 0.0604. The summed E-state index contributed by atoms with van der Waals surface area (Å²) >= 11 is 0. The molecule has 4 unspecified atom stereocenters. The van der Waals surface area contributed by atoms with Gasteiger partial charge in [-0.25, -0.2) is 0 Å². The largest absolute Gasteiger partial charge is 0.506 e. The zero-order valence-corrected chi connectivity index (χ0v) is 23.4. The number of hydrogen-bond acceptors (Lipinski definition) is 11. The van der Waals surface area contributed by atoms with Gasteiger partial charge >= 0.3 is 0 Å². The van der Waals surface area contributed by atoms with E-state index < -0.39 is 76.0 Å². The molecule has 13 nitrogen and oxygen atoms in total. The number of amides is 2. The van der Waals surface area contributed by atoms with E-state index >= 15 is 0 Å². The van der Waals surface area contributed by atoms with Crippen molar-refractivity contribution in [2.75, 3.05) is 59.4 Å². The highest BCUT2D eigenvalue weighted by molar-refractivity contribution is 6.32. The predicted octanol–water partition coefficient (Wildman–Crippen LogP) is -1.59. The van der Waals surface area contributed by atoms with Crippen LogP contribution in [0.4, 0.5) is 5.69 Å². The second kappa shape index (κ2) is 10.00. The number of likely N-dealkylation sites (N-methyl/N-ethyl adjacent to an activating group) is 1. The standard InChI is InChI=1S/C28H34N4O9/c1-30(2)16-11-14(27(39)32-5-7-41-8-6-32)21(33)18-13(16)9-12-10-15-20(31(3)4)23(35)19(26(29)38)25(37)28(15,40)24(36)17(12)22(18)34/h11-12,15,17,19-20,33,40H,5-10H2,1-4H3,(H2,29,38)/t12?,15?,17?,19?,20-,28-/m0/s1. The zero-order chi connectivity index (χ0) is 30.1. The van der Waals surface area contributed by atoms with E-state index in [9.17, 15) is 39.0 Å². The van der Waals surface area contributed by atoms with Crippen LogP contribution in [0.25, 0.3) is 0 Å². The van der Waals surface area contributed by atoms with E-state index in [1.807, 2.05) is 0 Å². The van der Waals surface area contributed by atoms with Gasteiger partial charge in [0.05, 0.1) is 36.3 Å².